The molecule has 3 aromatic rings. The van der Waals surface area contributed by atoms with Crippen LogP contribution in [-0.4, -0.2) is 76.5 Å². The summed E-state index contributed by atoms with van der Waals surface area (Å²) >= 11 is 0. The Balaban J connectivity index is 1.17. The number of amides is 2. The summed E-state index contributed by atoms with van der Waals surface area (Å²) in [6.45, 7) is 2.41. The molecule has 160 valence electrons. The van der Waals surface area contributed by atoms with E-state index in [2.05, 4.69) is 15.3 Å². The number of pyridine rings is 1. The smallest absolute Gasteiger partial charge is 0.256 e. The van der Waals surface area contributed by atoms with E-state index in [1.807, 2.05) is 53.2 Å². The van der Waals surface area contributed by atoms with Crippen LogP contribution in [0.2, 0.25) is 0 Å². The van der Waals surface area contributed by atoms with Gasteiger partial charge in [-0.3, -0.25) is 19.5 Å². The van der Waals surface area contributed by atoms with Gasteiger partial charge in [0.2, 0.25) is 5.91 Å². The van der Waals surface area contributed by atoms with Gasteiger partial charge in [-0.05, 0) is 24.7 Å². The molecule has 2 aliphatic rings. The zero-order valence-corrected chi connectivity index (χ0v) is 17.4. The number of aromatic amines is 1. The topological polar surface area (TPSA) is 90.6 Å². The van der Waals surface area contributed by atoms with Crippen LogP contribution >= 0.6 is 0 Å². The third-order valence-corrected chi connectivity index (χ3v) is 6.17. The number of carbonyl (C=O) groups excluding carboxylic acids is 2. The molecule has 2 aliphatic heterocycles. The van der Waals surface area contributed by atoms with Crippen molar-refractivity contribution in [2.75, 3.05) is 33.3 Å². The van der Waals surface area contributed by atoms with E-state index in [4.69, 9.17) is 4.74 Å². The lowest BCUT2D eigenvalue weighted by Crippen LogP contribution is -2.73. The monoisotopic (exact) mass is 419 g/mol. The molecular formula is C23H25N5O3. The largest absolute Gasteiger partial charge is 0.368 e. The number of H-pyrrole nitrogens is 1. The van der Waals surface area contributed by atoms with Crippen LogP contribution in [0.5, 0.6) is 0 Å². The lowest BCUT2D eigenvalue weighted by molar-refractivity contribution is -0.187. The standard InChI is InChI=1S/C23H25N5O3/c1-27-13-23(31-12-20(27)21(29)26-10-16-5-4-8-24-9-16)14-28(15-23)22(30)18-11-25-19-7-3-2-6-17(18)19/h2-9,11,20,25H,10,12-15H2,1H3,(H,26,29). The molecule has 1 spiro atoms. The number of morpholine rings is 1. The number of aromatic nitrogens is 2. The zero-order valence-electron chi connectivity index (χ0n) is 17.4. The fourth-order valence-corrected chi connectivity index (χ4v) is 4.48. The van der Waals surface area contributed by atoms with Crippen molar-refractivity contribution in [1.29, 1.82) is 0 Å². The van der Waals surface area contributed by atoms with Gasteiger partial charge in [-0.15, -0.1) is 0 Å². The van der Waals surface area contributed by atoms with Gasteiger partial charge in [-0.2, -0.15) is 0 Å². The van der Waals surface area contributed by atoms with E-state index in [0.717, 1.165) is 16.5 Å². The maximum Gasteiger partial charge on any atom is 0.256 e. The van der Waals surface area contributed by atoms with Gasteiger partial charge in [-0.1, -0.05) is 24.3 Å². The van der Waals surface area contributed by atoms with Crippen LogP contribution in [-0.2, 0) is 16.1 Å². The van der Waals surface area contributed by atoms with Crippen molar-refractivity contribution >= 4 is 22.7 Å². The van der Waals surface area contributed by atoms with Gasteiger partial charge in [0.25, 0.3) is 5.91 Å². The predicted molar refractivity (Wildman–Crippen MR) is 115 cm³/mol. The molecule has 2 N–H and O–H groups in total. The highest BCUT2D eigenvalue weighted by molar-refractivity contribution is 6.07. The Morgan fingerprint density at radius 2 is 2.06 bits per heavy atom. The lowest BCUT2D eigenvalue weighted by atomic mass is 9.90. The summed E-state index contributed by atoms with van der Waals surface area (Å²) in [6.07, 6.45) is 5.22. The number of hydrogen-bond acceptors (Lipinski definition) is 5. The average Bonchev–Trinajstić information content (AvgIpc) is 3.20. The number of para-hydroxylation sites is 1. The normalized spacial score (nSPS) is 20.5. The van der Waals surface area contributed by atoms with Crippen LogP contribution in [0.25, 0.3) is 10.9 Å². The molecule has 2 aromatic heterocycles. The minimum absolute atomic E-state index is 0.00525. The number of hydrogen-bond donors (Lipinski definition) is 2. The summed E-state index contributed by atoms with van der Waals surface area (Å²) in [5.41, 5.74) is 2.19. The quantitative estimate of drug-likeness (QED) is 0.667. The average molecular weight is 419 g/mol. The minimum Gasteiger partial charge on any atom is -0.368 e. The Hall–Kier alpha value is -3.23. The molecule has 8 nitrogen and oxygen atoms in total. The summed E-state index contributed by atoms with van der Waals surface area (Å²) in [7, 11) is 1.93. The van der Waals surface area contributed by atoms with Gasteiger partial charge in [0.1, 0.15) is 11.6 Å². The Labute approximate surface area is 180 Å². The minimum atomic E-state index is -0.406. The van der Waals surface area contributed by atoms with Crippen molar-refractivity contribution in [3.8, 4) is 0 Å². The molecular weight excluding hydrogens is 394 g/mol. The molecule has 8 heteroatoms. The molecule has 31 heavy (non-hydrogen) atoms. The SMILES string of the molecule is CN1CC2(CN(C(=O)c3c[nH]c4ccccc34)C2)OCC1C(=O)NCc1cccnc1. The van der Waals surface area contributed by atoms with Crippen LogP contribution in [0.1, 0.15) is 15.9 Å². The first kappa shape index (κ1) is 19.7. The molecule has 0 bridgehead atoms. The maximum absolute atomic E-state index is 13.0. The van der Waals surface area contributed by atoms with Gasteiger partial charge < -0.3 is 19.9 Å². The fourth-order valence-electron chi connectivity index (χ4n) is 4.48. The van der Waals surface area contributed by atoms with E-state index in [9.17, 15) is 9.59 Å². The van der Waals surface area contributed by atoms with E-state index < -0.39 is 5.60 Å². The van der Waals surface area contributed by atoms with Gasteiger partial charge in [0.15, 0.2) is 0 Å². The number of likely N-dealkylation sites (tertiary alicyclic amines) is 1. The van der Waals surface area contributed by atoms with Crippen LogP contribution in [0.4, 0.5) is 0 Å². The van der Waals surface area contributed by atoms with Crippen LogP contribution in [0.15, 0.2) is 55.0 Å². The van der Waals surface area contributed by atoms with Crippen molar-refractivity contribution in [2.24, 2.45) is 0 Å². The van der Waals surface area contributed by atoms with Gasteiger partial charge in [0.05, 0.1) is 25.3 Å². The Kier molecular flexibility index (Phi) is 4.95. The van der Waals surface area contributed by atoms with Crippen LogP contribution in [0, 0.1) is 0 Å². The molecule has 1 aromatic carbocycles. The van der Waals surface area contributed by atoms with Crippen molar-refractivity contribution in [2.45, 2.75) is 18.2 Å². The van der Waals surface area contributed by atoms with Gasteiger partial charge >= 0.3 is 0 Å². The highest BCUT2D eigenvalue weighted by Crippen LogP contribution is 2.32. The first-order valence-electron chi connectivity index (χ1n) is 10.4. The number of nitrogens with zero attached hydrogens (tertiary/aromatic N) is 3. The molecule has 1 atom stereocenters. The molecule has 0 radical (unpaired) electrons. The van der Waals surface area contributed by atoms with Gasteiger partial charge in [0, 0.05) is 42.6 Å². The summed E-state index contributed by atoms with van der Waals surface area (Å²) in [6, 6.07) is 11.2. The van der Waals surface area contributed by atoms with Crippen molar-refractivity contribution < 1.29 is 14.3 Å². The molecule has 1 unspecified atom stereocenters. The maximum atomic E-state index is 13.0. The highest BCUT2D eigenvalue weighted by atomic mass is 16.5. The van der Waals surface area contributed by atoms with Crippen LogP contribution < -0.4 is 5.32 Å². The molecule has 2 amide bonds. The second-order valence-electron chi connectivity index (χ2n) is 8.41. The molecule has 0 aliphatic carbocycles. The highest BCUT2D eigenvalue weighted by Gasteiger charge is 2.51. The van der Waals surface area contributed by atoms with E-state index in [-0.39, 0.29) is 17.9 Å². The molecule has 2 fully saturated rings. The van der Waals surface area contributed by atoms with Crippen molar-refractivity contribution in [3.63, 3.8) is 0 Å². The number of likely N-dealkylation sites (N-methyl/N-ethyl adjacent to an activating group) is 1. The molecule has 2 saturated heterocycles. The predicted octanol–water partition coefficient (Wildman–Crippen LogP) is 1.40. The van der Waals surface area contributed by atoms with Crippen LogP contribution in [0.3, 0.4) is 0 Å². The molecule has 5 rings (SSSR count). The van der Waals surface area contributed by atoms with Crippen molar-refractivity contribution in [1.82, 2.24) is 25.1 Å². The van der Waals surface area contributed by atoms with E-state index >= 15 is 0 Å². The third kappa shape index (κ3) is 3.68. The summed E-state index contributed by atoms with van der Waals surface area (Å²) in [5.74, 6) is -0.0575. The van der Waals surface area contributed by atoms with Gasteiger partial charge in [-0.25, -0.2) is 0 Å². The Morgan fingerprint density at radius 1 is 1.23 bits per heavy atom. The number of benzene rings is 1. The fraction of sp³-hybridized carbons (Fsp3) is 0.348. The first-order valence-corrected chi connectivity index (χ1v) is 10.4. The second-order valence-corrected chi connectivity index (χ2v) is 8.41. The van der Waals surface area contributed by atoms with E-state index in [1.165, 1.54) is 0 Å². The number of rotatable bonds is 4. The van der Waals surface area contributed by atoms with E-state index in [1.54, 1.807) is 18.6 Å². The molecule has 4 heterocycles. The summed E-state index contributed by atoms with van der Waals surface area (Å²) in [5, 5.41) is 3.89. The number of nitrogens with one attached hydrogen (secondary N) is 2. The van der Waals surface area contributed by atoms with E-state index in [0.29, 0.717) is 38.3 Å². The number of carbonyl (C=O) groups is 2. The lowest BCUT2D eigenvalue weighted by Gasteiger charge is -2.54. The summed E-state index contributed by atoms with van der Waals surface area (Å²) in [4.78, 5) is 36.7. The zero-order chi connectivity index (χ0) is 21.4. The summed E-state index contributed by atoms with van der Waals surface area (Å²) < 4.78 is 6.13. The first-order chi connectivity index (χ1) is 15.0. The Bertz CT molecular complexity index is 1110. The number of fused-ring (bicyclic) bond motifs is 1. The Morgan fingerprint density at radius 3 is 2.84 bits per heavy atom. The second kappa shape index (κ2) is 7.79. The van der Waals surface area contributed by atoms with Crippen molar-refractivity contribution in [3.05, 3.63) is 66.1 Å². The third-order valence-electron chi connectivity index (χ3n) is 6.17. The molecule has 0 saturated carbocycles. The number of ether oxygens (including phenoxy) is 1.